The number of carbonyl (C=O) groups is 1. The molecule has 0 saturated carbocycles. The standard InChI is InChI=1S/C22H35N7O.HI/c1-6-19-27-25-17-29(19)15-14-24-21(23-13-12-18-10-8-7-9-11-18)28(5)16-20(30)26-22(2,3)4;/h7-11,17H,6,12-16H2,1-5H3,(H,23,24)(H,26,30);1H. The highest BCUT2D eigenvalue weighted by molar-refractivity contribution is 14.0. The van der Waals surface area contributed by atoms with E-state index in [4.69, 9.17) is 4.99 Å². The van der Waals surface area contributed by atoms with Crippen LogP contribution in [0.5, 0.6) is 0 Å². The third-order valence-electron chi connectivity index (χ3n) is 4.41. The molecule has 31 heavy (non-hydrogen) atoms. The minimum atomic E-state index is -0.263. The summed E-state index contributed by atoms with van der Waals surface area (Å²) in [5, 5.41) is 14.5. The maximum atomic E-state index is 12.4. The number of rotatable bonds is 9. The largest absolute Gasteiger partial charge is 0.354 e. The second-order valence-corrected chi connectivity index (χ2v) is 8.32. The average molecular weight is 541 g/mol. The number of hydrogen-bond acceptors (Lipinski definition) is 4. The average Bonchev–Trinajstić information content (AvgIpc) is 3.13. The number of carbonyl (C=O) groups excluding carboxylic acids is 1. The molecule has 9 heteroatoms. The number of aliphatic imine (C=N–C) groups is 1. The molecule has 172 valence electrons. The first-order chi connectivity index (χ1) is 14.3. The molecule has 1 aromatic heterocycles. The third-order valence-corrected chi connectivity index (χ3v) is 4.41. The Morgan fingerprint density at radius 3 is 2.58 bits per heavy atom. The number of nitrogens with zero attached hydrogens (tertiary/aromatic N) is 5. The lowest BCUT2D eigenvalue weighted by molar-refractivity contribution is -0.122. The lowest BCUT2D eigenvalue weighted by Crippen LogP contribution is -2.49. The van der Waals surface area contributed by atoms with Crippen molar-refractivity contribution in [2.45, 2.75) is 52.6 Å². The molecule has 0 radical (unpaired) electrons. The molecule has 0 saturated heterocycles. The van der Waals surface area contributed by atoms with Gasteiger partial charge in [-0.3, -0.25) is 9.79 Å². The predicted molar refractivity (Wildman–Crippen MR) is 136 cm³/mol. The topological polar surface area (TPSA) is 87.4 Å². The Morgan fingerprint density at radius 1 is 1.23 bits per heavy atom. The van der Waals surface area contributed by atoms with Crippen LogP contribution in [0.4, 0.5) is 0 Å². The van der Waals surface area contributed by atoms with Crippen LogP contribution in [-0.4, -0.2) is 63.8 Å². The predicted octanol–water partition coefficient (Wildman–Crippen LogP) is 2.49. The maximum absolute atomic E-state index is 12.4. The molecule has 2 N–H and O–H groups in total. The summed E-state index contributed by atoms with van der Waals surface area (Å²) >= 11 is 0. The molecule has 0 bridgehead atoms. The highest BCUT2D eigenvalue weighted by Crippen LogP contribution is 2.01. The van der Waals surface area contributed by atoms with Gasteiger partial charge < -0.3 is 20.1 Å². The van der Waals surface area contributed by atoms with E-state index < -0.39 is 0 Å². The van der Waals surface area contributed by atoms with Crippen molar-refractivity contribution in [2.24, 2.45) is 4.99 Å². The van der Waals surface area contributed by atoms with E-state index in [0.29, 0.717) is 19.0 Å². The zero-order valence-electron chi connectivity index (χ0n) is 19.3. The number of halogens is 1. The van der Waals surface area contributed by atoms with Crippen LogP contribution in [0, 0.1) is 0 Å². The highest BCUT2D eigenvalue weighted by Gasteiger charge is 2.17. The van der Waals surface area contributed by atoms with Gasteiger partial charge in [-0.25, -0.2) is 0 Å². The minimum absolute atomic E-state index is 0. The molecule has 2 rings (SSSR count). The van der Waals surface area contributed by atoms with Gasteiger partial charge in [0.2, 0.25) is 5.91 Å². The quantitative estimate of drug-likeness (QED) is 0.290. The van der Waals surface area contributed by atoms with Gasteiger partial charge in [0.1, 0.15) is 12.2 Å². The van der Waals surface area contributed by atoms with Crippen molar-refractivity contribution < 1.29 is 4.79 Å². The van der Waals surface area contributed by atoms with Gasteiger partial charge in [-0.1, -0.05) is 37.3 Å². The van der Waals surface area contributed by atoms with Gasteiger partial charge in [0.05, 0.1) is 6.54 Å². The molecule has 0 unspecified atom stereocenters. The van der Waals surface area contributed by atoms with Crippen LogP contribution in [0.1, 0.15) is 39.1 Å². The number of amides is 1. The van der Waals surface area contributed by atoms with Crippen LogP contribution in [0.15, 0.2) is 41.7 Å². The molecular weight excluding hydrogens is 505 g/mol. The molecule has 0 spiro atoms. The molecule has 2 aromatic rings. The first kappa shape index (κ1) is 26.9. The molecule has 0 atom stereocenters. The van der Waals surface area contributed by atoms with Gasteiger partial charge >= 0.3 is 0 Å². The Balaban J connectivity index is 0.00000480. The van der Waals surface area contributed by atoms with E-state index in [1.165, 1.54) is 5.56 Å². The summed E-state index contributed by atoms with van der Waals surface area (Å²) in [6.45, 7) is 10.3. The van der Waals surface area contributed by atoms with Crippen molar-refractivity contribution in [2.75, 3.05) is 26.7 Å². The van der Waals surface area contributed by atoms with Gasteiger partial charge in [0.25, 0.3) is 0 Å². The van der Waals surface area contributed by atoms with Crippen molar-refractivity contribution in [3.63, 3.8) is 0 Å². The number of aryl methyl sites for hydroxylation is 1. The number of likely N-dealkylation sites (N-methyl/N-ethyl adjacent to an activating group) is 1. The highest BCUT2D eigenvalue weighted by atomic mass is 127. The Morgan fingerprint density at radius 2 is 1.94 bits per heavy atom. The zero-order chi connectivity index (χ0) is 22.0. The van der Waals surface area contributed by atoms with Crippen LogP contribution >= 0.6 is 24.0 Å². The van der Waals surface area contributed by atoms with Crippen LogP contribution in [0.2, 0.25) is 0 Å². The monoisotopic (exact) mass is 541 g/mol. The summed E-state index contributed by atoms with van der Waals surface area (Å²) in [7, 11) is 1.88. The molecule has 1 aromatic carbocycles. The number of benzene rings is 1. The van der Waals surface area contributed by atoms with E-state index in [9.17, 15) is 4.79 Å². The SMILES string of the molecule is CCc1nncn1CCNC(=NCCc1ccccc1)N(C)CC(=O)NC(C)(C)C.I. The summed E-state index contributed by atoms with van der Waals surface area (Å²) in [6, 6.07) is 10.3. The van der Waals surface area contributed by atoms with Crippen molar-refractivity contribution in [3.8, 4) is 0 Å². The van der Waals surface area contributed by atoms with Crippen LogP contribution in [0.25, 0.3) is 0 Å². The van der Waals surface area contributed by atoms with E-state index >= 15 is 0 Å². The van der Waals surface area contributed by atoms with E-state index in [1.54, 1.807) is 6.33 Å². The van der Waals surface area contributed by atoms with Crippen molar-refractivity contribution >= 4 is 35.8 Å². The van der Waals surface area contributed by atoms with Gasteiger partial charge in [0.15, 0.2) is 5.96 Å². The summed E-state index contributed by atoms with van der Waals surface area (Å²) in [5.41, 5.74) is 0.979. The summed E-state index contributed by atoms with van der Waals surface area (Å²) in [5.74, 6) is 1.63. The number of aromatic nitrogens is 3. The first-order valence-electron chi connectivity index (χ1n) is 10.5. The molecule has 0 aliphatic heterocycles. The first-order valence-corrected chi connectivity index (χ1v) is 10.5. The lowest BCUT2D eigenvalue weighted by atomic mass is 10.1. The number of guanidine groups is 1. The van der Waals surface area contributed by atoms with Crippen LogP contribution in [-0.2, 0) is 24.2 Å². The minimum Gasteiger partial charge on any atom is -0.354 e. The van der Waals surface area contributed by atoms with Gasteiger partial charge in [-0.15, -0.1) is 34.2 Å². The van der Waals surface area contributed by atoms with Crippen LogP contribution in [0.3, 0.4) is 0 Å². The fourth-order valence-electron chi connectivity index (χ4n) is 3.02. The number of nitrogens with one attached hydrogen (secondary N) is 2. The zero-order valence-corrected chi connectivity index (χ0v) is 21.6. The van der Waals surface area contributed by atoms with Gasteiger partial charge in [-0.05, 0) is 32.8 Å². The number of hydrogen-bond donors (Lipinski definition) is 2. The van der Waals surface area contributed by atoms with E-state index in [-0.39, 0.29) is 42.0 Å². The second-order valence-electron chi connectivity index (χ2n) is 8.32. The molecule has 8 nitrogen and oxygen atoms in total. The fraction of sp³-hybridized carbons (Fsp3) is 0.545. The molecule has 0 aliphatic rings. The van der Waals surface area contributed by atoms with E-state index in [1.807, 2.05) is 55.5 Å². The van der Waals surface area contributed by atoms with Crippen LogP contribution < -0.4 is 10.6 Å². The third kappa shape index (κ3) is 10.1. The molecule has 1 amide bonds. The summed E-state index contributed by atoms with van der Waals surface area (Å²) < 4.78 is 2.03. The summed E-state index contributed by atoms with van der Waals surface area (Å²) in [6.07, 6.45) is 3.43. The van der Waals surface area contributed by atoms with Crippen molar-refractivity contribution in [1.82, 2.24) is 30.3 Å². The normalized spacial score (nSPS) is 11.6. The summed E-state index contributed by atoms with van der Waals surface area (Å²) in [4.78, 5) is 19.0. The Bertz CT molecular complexity index is 815. The second kappa shape index (κ2) is 13.3. The Labute approximate surface area is 202 Å². The Hall–Kier alpha value is -2.17. The fourth-order valence-corrected chi connectivity index (χ4v) is 3.02. The lowest BCUT2D eigenvalue weighted by Gasteiger charge is -2.25. The molecule has 0 aliphatic carbocycles. The van der Waals surface area contributed by atoms with Gasteiger partial charge in [-0.2, -0.15) is 0 Å². The van der Waals surface area contributed by atoms with Crippen molar-refractivity contribution in [1.29, 1.82) is 0 Å². The van der Waals surface area contributed by atoms with E-state index in [2.05, 4.69) is 39.9 Å². The molecular formula is C22H36IN7O. The molecule has 1 heterocycles. The van der Waals surface area contributed by atoms with Gasteiger partial charge in [0, 0.05) is 38.6 Å². The Kier molecular flexibility index (Phi) is 11.5. The smallest absolute Gasteiger partial charge is 0.240 e. The van der Waals surface area contributed by atoms with Crippen molar-refractivity contribution in [3.05, 3.63) is 48.0 Å². The van der Waals surface area contributed by atoms with E-state index in [0.717, 1.165) is 25.2 Å². The molecule has 0 fully saturated rings. The maximum Gasteiger partial charge on any atom is 0.240 e.